The van der Waals surface area contributed by atoms with Crippen LogP contribution in [0.1, 0.15) is 52.9 Å². The lowest BCUT2D eigenvalue weighted by Crippen LogP contribution is -2.43. The Balaban J connectivity index is 1.87. The highest BCUT2D eigenvalue weighted by Gasteiger charge is 2.40. The highest BCUT2D eigenvalue weighted by Crippen LogP contribution is 2.31. The van der Waals surface area contributed by atoms with Gasteiger partial charge in [0.05, 0.1) is 12.2 Å². The largest absolute Gasteiger partial charge is 0.325 e. The Morgan fingerprint density at radius 1 is 1.35 bits per heavy atom. The van der Waals surface area contributed by atoms with Gasteiger partial charge in [-0.25, -0.2) is 0 Å². The third-order valence-corrected chi connectivity index (χ3v) is 5.05. The third-order valence-electron chi connectivity index (χ3n) is 5.05. The average molecular weight is 281 g/mol. The lowest BCUT2D eigenvalue weighted by molar-refractivity contribution is -0.130. The Labute approximate surface area is 123 Å². The summed E-state index contributed by atoms with van der Waals surface area (Å²) in [5, 5.41) is 3.52. The van der Waals surface area contributed by atoms with Gasteiger partial charge in [0.2, 0.25) is 5.91 Å². The van der Waals surface area contributed by atoms with Crippen LogP contribution in [0.25, 0.3) is 0 Å². The van der Waals surface area contributed by atoms with Crippen molar-refractivity contribution in [2.24, 2.45) is 5.92 Å². The SMILES string of the molecule is CC1NC(C2CCCC2)N(CCCN(C)C(C)C)C1=O. The van der Waals surface area contributed by atoms with Crippen LogP contribution >= 0.6 is 0 Å². The zero-order valence-corrected chi connectivity index (χ0v) is 13.6. The van der Waals surface area contributed by atoms with E-state index in [-0.39, 0.29) is 6.04 Å². The first-order chi connectivity index (χ1) is 9.50. The van der Waals surface area contributed by atoms with Crippen molar-refractivity contribution in [1.82, 2.24) is 15.1 Å². The first-order valence-electron chi connectivity index (χ1n) is 8.27. The van der Waals surface area contributed by atoms with Crippen molar-refractivity contribution in [2.45, 2.75) is 71.1 Å². The molecular weight excluding hydrogens is 250 g/mol. The molecule has 116 valence electrons. The molecule has 0 aromatic carbocycles. The maximum atomic E-state index is 12.3. The number of carbonyl (C=O) groups excluding carboxylic acids is 1. The van der Waals surface area contributed by atoms with Crippen LogP contribution in [-0.2, 0) is 4.79 Å². The van der Waals surface area contributed by atoms with Crippen LogP contribution in [0.4, 0.5) is 0 Å². The monoisotopic (exact) mass is 281 g/mol. The molecule has 1 aliphatic heterocycles. The molecule has 0 aromatic heterocycles. The summed E-state index contributed by atoms with van der Waals surface area (Å²) in [6.07, 6.45) is 6.58. The molecule has 0 spiro atoms. The number of rotatable bonds is 6. The van der Waals surface area contributed by atoms with Crippen molar-refractivity contribution in [3.63, 3.8) is 0 Å². The van der Waals surface area contributed by atoms with E-state index in [0.717, 1.165) is 19.5 Å². The molecule has 2 aliphatic rings. The Morgan fingerprint density at radius 3 is 2.60 bits per heavy atom. The predicted octanol–water partition coefficient (Wildman–Crippen LogP) is 2.05. The lowest BCUT2D eigenvalue weighted by atomic mass is 10.0. The van der Waals surface area contributed by atoms with Gasteiger partial charge in [0, 0.05) is 12.6 Å². The molecule has 2 atom stereocenters. The summed E-state index contributed by atoms with van der Waals surface area (Å²) in [6, 6.07) is 0.579. The number of amides is 1. The van der Waals surface area contributed by atoms with Gasteiger partial charge in [-0.2, -0.15) is 0 Å². The summed E-state index contributed by atoms with van der Waals surface area (Å²) in [7, 11) is 2.16. The van der Waals surface area contributed by atoms with Crippen molar-refractivity contribution < 1.29 is 4.79 Å². The summed E-state index contributed by atoms with van der Waals surface area (Å²) in [5.41, 5.74) is 0. The molecule has 0 aromatic rings. The van der Waals surface area contributed by atoms with Gasteiger partial charge in [-0.1, -0.05) is 12.8 Å². The van der Waals surface area contributed by atoms with Crippen LogP contribution in [0.2, 0.25) is 0 Å². The zero-order chi connectivity index (χ0) is 14.7. The van der Waals surface area contributed by atoms with E-state index in [9.17, 15) is 4.79 Å². The second kappa shape index (κ2) is 6.90. The molecule has 4 heteroatoms. The molecule has 1 heterocycles. The first kappa shape index (κ1) is 15.8. The maximum absolute atomic E-state index is 12.3. The first-order valence-corrected chi connectivity index (χ1v) is 8.27. The molecule has 1 aliphatic carbocycles. The van der Waals surface area contributed by atoms with Crippen molar-refractivity contribution >= 4 is 5.91 Å². The van der Waals surface area contributed by atoms with E-state index in [4.69, 9.17) is 0 Å². The van der Waals surface area contributed by atoms with Crippen LogP contribution < -0.4 is 5.32 Å². The normalized spacial score (nSPS) is 28.3. The van der Waals surface area contributed by atoms with Crippen LogP contribution in [-0.4, -0.2) is 54.1 Å². The highest BCUT2D eigenvalue weighted by molar-refractivity contribution is 5.83. The van der Waals surface area contributed by atoms with Gasteiger partial charge in [0.15, 0.2) is 0 Å². The van der Waals surface area contributed by atoms with E-state index in [2.05, 4.69) is 36.0 Å². The standard InChI is InChI=1S/C16H31N3O/c1-12(2)18(4)10-7-11-19-15(14-8-5-6-9-14)17-13(3)16(19)20/h12-15,17H,5-11H2,1-4H3. The average Bonchev–Trinajstić information content (AvgIpc) is 3.01. The minimum atomic E-state index is 0.00317. The number of hydrogen-bond acceptors (Lipinski definition) is 3. The van der Waals surface area contributed by atoms with Crippen LogP contribution in [0.5, 0.6) is 0 Å². The molecule has 1 saturated carbocycles. The van der Waals surface area contributed by atoms with Crippen LogP contribution in [0.15, 0.2) is 0 Å². The quantitative estimate of drug-likeness (QED) is 0.809. The molecule has 1 amide bonds. The van der Waals surface area contributed by atoms with E-state index >= 15 is 0 Å². The molecule has 0 radical (unpaired) electrons. The van der Waals surface area contributed by atoms with Crippen molar-refractivity contribution in [3.8, 4) is 0 Å². The molecule has 2 fully saturated rings. The second-order valence-corrected chi connectivity index (χ2v) is 6.84. The number of nitrogens with zero attached hydrogens (tertiary/aromatic N) is 2. The molecular formula is C16H31N3O. The van der Waals surface area contributed by atoms with E-state index in [1.165, 1.54) is 25.7 Å². The fourth-order valence-electron chi connectivity index (χ4n) is 3.46. The summed E-state index contributed by atoms with van der Waals surface area (Å²) in [5.74, 6) is 0.973. The zero-order valence-electron chi connectivity index (χ0n) is 13.6. The van der Waals surface area contributed by atoms with Crippen LogP contribution in [0, 0.1) is 5.92 Å². The number of nitrogens with one attached hydrogen (secondary N) is 1. The molecule has 0 bridgehead atoms. The van der Waals surface area contributed by atoms with Crippen molar-refractivity contribution in [3.05, 3.63) is 0 Å². The Morgan fingerprint density at radius 2 is 2.00 bits per heavy atom. The van der Waals surface area contributed by atoms with Gasteiger partial charge >= 0.3 is 0 Å². The summed E-state index contributed by atoms with van der Waals surface area (Å²) in [6.45, 7) is 8.39. The topological polar surface area (TPSA) is 35.6 Å². The van der Waals surface area contributed by atoms with Gasteiger partial charge < -0.3 is 9.80 Å². The molecule has 20 heavy (non-hydrogen) atoms. The van der Waals surface area contributed by atoms with Crippen molar-refractivity contribution in [2.75, 3.05) is 20.1 Å². The van der Waals surface area contributed by atoms with Crippen molar-refractivity contribution in [1.29, 1.82) is 0 Å². The van der Waals surface area contributed by atoms with Gasteiger partial charge in [-0.3, -0.25) is 10.1 Å². The fourth-order valence-corrected chi connectivity index (χ4v) is 3.46. The molecule has 2 rings (SSSR count). The predicted molar refractivity (Wildman–Crippen MR) is 82.4 cm³/mol. The minimum Gasteiger partial charge on any atom is -0.325 e. The van der Waals surface area contributed by atoms with Gasteiger partial charge in [0.25, 0.3) is 0 Å². The Hall–Kier alpha value is -0.610. The van der Waals surface area contributed by atoms with Gasteiger partial charge in [-0.15, -0.1) is 0 Å². The molecule has 1 saturated heterocycles. The summed E-state index contributed by atoms with van der Waals surface area (Å²) >= 11 is 0. The maximum Gasteiger partial charge on any atom is 0.240 e. The van der Waals surface area contributed by atoms with Crippen LogP contribution in [0.3, 0.4) is 0 Å². The van der Waals surface area contributed by atoms with E-state index < -0.39 is 0 Å². The fraction of sp³-hybridized carbons (Fsp3) is 0.938. The van der Waals surface area contributed by atoms with E-state index in [1.54, 1.807) is 0 Å². The minimum absolute atomic E-state index is 0.00317. The van der Waals surface area contributed by atoms with Gasteiger partial charge in [0.1, 0.15) is 0 Å². The number of hydrogen-bond donors (Lipinski definition) is 1. The molecule has 1 N–H and O–H groups in total. The third kappa shape index (κ3) is 3.53. The Kier molecular flexibility index (Phi) is 5.44. The van der Waals surface area contributed by atoms with E-state index in [1.807, 2.05) is 6.92 Å². The highest BCUT2D eigenvalue weighted by atomic mass is 16.2. The van der Waals surface area contributed by atoms with E-state index in [0.29, 0.717) is 24.0 Å². The number of carbonyl (C=O) groups is 1. The Bertz CT molecular complexity index is 326. The molecule has 4 nitrogen and oxygen atoms in total. The van der Waals surface area contributed by atoms with Gasteiger partial charge in [-0.05, 0) is 59.5 Å². The molecule has 2 unspecified atom stereocenters. The summed E-state index contributed by atoms with van der Waals surface area (Å²) < 4.78 is 0. The summed E-state index contributed by atoms with van der Waals surface area (Å²) in [4.78, 5) is 16.8. The lowest BCUT2D eigenvalue weighted by Gasteiger charge is -2.30. The smallest absolute Gasteiger partial charge is 0.240 e. The second-order valence-electron chi connectivity index (χ2n) is 6.84.